The molecule has 0 saturated carbocycles. The molecule has 49 heavy (non-hydrogen) atoms. The van der Waals surface area contributed by atoms with Crippen molar-refractivity contribution in [2.24, 2.45) is 0 Å². The summed E-state index contributed by atoms with van der Waals surface area (Å²) in [5.74, 6) is 0.834. The van der Waals surface area contributed by atoms with Gasteiger partial charge in [0.05, 0.1) is 33.1 Å². The Hall–Kier alpha value is -6.30. The second-order valence-corrected chi connectivity index (χ2v) is 13.6. The van der Waals surface area contributed by atoms with Crippen LogP contribution in [0.25, 0.3) is 97.6 Å². The van der Waals surface area contributed by atoms with Gasteiger partial charge in [0.15, 0.2) is 5.82 Å². The van der Waals surface area contributed by atoms with Crippen LogP contribution in [-0.4, -0.2) is 19.1 Å². The van der Waals surface area contributed by atoms with Crippen molar-refractivity contribution in [3.05, 3.63) is 158 Å². The van der Waals surface area contributed by atoms with Gasteiger partial charge in [0.25, 0.3) is 0 Å². The Balaban J connectivity index is 1.31. The molecule has 4 nitrogen and oxygen atoms in total. The quantitative estimate of drug-likeness (QED) is 0.192. The molecule has 0 spiro atoms. The lowest BCUT2D eigenvalue weighted by Crippen LogP contribution is -2.03. The Kier molecular flexibility index (Phi) is 5.51. The van der Waals surface area contributed by atoms with Crippen molar-refractivity contribution in [1.29, 1.82) is 0 Å². The molecular formula is C44H26N4S. The fourth-order valence-electron chi connectivity index (χ4n) is 7.86. The van der Waals surface area contributed by atoms with Crippen LogP contribution >= 0.6 is 11.3 Å². The smallest absolute Gasteiger partial charge is 0.165 e. The number of hydrogen-bond acceptors (Lipinski definition) is 3. The minimum atomic E-state index is 0.834. The zero-order chi connectivity index (χ0) is 32.1. The van der Waals surface area contributed by atoms with E-state index in [0.717, 1.165) is 44.8 Å². The van der Waals surface area contributed by atoms with E-state index in [4.69, 9.17) is 9.97 Å². The van der Waals surface area contributed by atoms with E-state index in [0.29, 0.717) is 0 Å². The van der Waals surface area contributed by atoms with E-state index in [-0.39, 0.29) is 0 Å². The highest BCUT2D eigenvalue weighted by molar-refractivity contribution is 7.26. The van der Waals surface area contributed by atoms with Crippen molar-refractivity contribution in [1.82, 2.24) is 19.1 Å². The van der Waals surface area contributed by atoms with Gasteiger partial charge in [0.2, 0.25) is 0 Å². The van der Waals surface area contributed by atoms with E-state index < -0.39 is 0 Å². The molecule has 11 rings (SSSR count). The summed E-state index contributed by atoms with van der Waals surface area (Å²) in [5.41, 5.74) is 9.47. The van der Waals surface area contributed by atoms with E-state index in [9.17, 15) is 0 Å². The molecule has 0 aliphatic rings. The van der Waals surface area contributed by atoms with Gasteiger partial charge in [-0.05, 0) is 54.6 Å². The second kappa shape index (κ2) is 10.1. The Morgan fingerprint density at radius 1 is 0.408 bits per heavy atom. The topological polar surface area (TPSA) is 35.6 Å². The molecule has 0 unspecified atom stereocenters. The van der Waals surface area contributed by atoms with Crippen LogP contribution in [0.2, 0.25) is 0 Å². The number of rotatable bonds is 3. The molecule has 0 N–H and O–H groups in total. The summed E-state index contributed by atoms with van der Waals surface area (Å²) in [6.45, 7) is 0. The van der Waals surface area contributed by atoms with Crippen LogP contribution in [0.15, 0.2) is 158 Å². The fraction of sp³-hybridized carbons (Fsp3) is 0. The number of benzene rings is 7. The van der Waals surface area contributed by atoms with Crippen molar-refractivity contribution in [2.75, 3.05) is 0 Å². The molecule has 0 aliphatic carbocycles. The van der Waals surface area contributed by atoms with Crippen molar-refractivity contribution >= 4 is 86.2 Å². The average Bonchev–Trinajstić information content (AvgIpc) is 3.82. The van der Waals surface area contributed by atoms with Gasteiger partial charge < -0.3 is 4.57 Å². The molecule has 0 amide bonds. The monoisotopic (exact) mass is 642 g/mol. The first-order valence-electron chi connectivity index (χ1n) is 16.5. The third-order valence-corrected chi connectivity index (χ3v) is 11.1. The first-order chi connectivity index (χ1) is 24.3. The van der Waals surface area contributed by atoms with Gasteiger partial charge in [-0.1, -0.05) is 103 Å². The van der Waals surface area contributed by atoms with Crippen molar-refractivity contribution in [3.8, 4) is 22.8 Å². The van der Waals surface area contributed by atoms with E-state index in [1.807, 2.05) is 23.5 Å². The summed E-state index contributed by atoms with van der Waals surface area (Å²) in [5, 5.41) is 7.41. The lowest BCUT2D eigenvalue weighted by Gasteiger charge is -2.14. The van der Waals surface area contributed by atoms with Crippen LogP contribution in [0.5, 0.6) is 0 Å². The highest BCUT2D eigenvalue weighted by Crippen LogP contribution is 2.45. The first kappa shape index (κ1) is 26.7. The highest BCUT2D eigenvalue weighted by Gasteiger charge is 2.24. The van der Waals surface area contributed by atoms with Gasteiger partial charge in [0.1, 0.15) is 5.69 Å². The number of fused-ring (bicyclic) bond motifs is 11. The predicted molar refractivity (Wildman–Crippen MR) is 207 cm³/mol. The molecule has 5 heteroatoms. The molecule has 11 aromatic rings. The predicted octanol–water partition coefficient (Wildman–Crippen LogP) is 11.9. The van der Waals surface area contributed by atoms with Gasteiger partial charge in [-0.2, -0.15) is 0 Å². The summed E-state index contributed by atoms with van der Waals surface area (Å²) in [7, 11) is 0. The molecule has 4 aromatic heterocycles. The summed E-state index contributed by atoms with van der Waals surface area (Å²) in [6, 6.07) is 56.2. The number of thiophene rings is 1. The Morgan fingerprint density at radius 3 is 1.73 bits per heavy atom. The lowest BCUT2D eigenvalue weighted by molar-refractivity contribution is 1.08. The van der Waals surface area contributed by atoms with E-state index >= 15 is 0 Å². The molecule has 7 aromatic carbocycles. The van der Waals surface area contributed by atoms with Crippen LogP contribution in [0, 0.1) is 0 Å². The number of aromatic nitrogens is 4. The zero-order valence-corrected chi connectivity index (χ0v) is 27.0. The Bertz CT molecular complexity index is 3110. The molecule has 0 atom stereocenters. The molecular weight excluding hydrogens is 617 g/mol. The third-order valence-electron chi connectivity index (χ3n) is 9.91. The zero-order valence-electron chi connectivity index (χ0n) is 26.2. The molecule has 0 aliphatic heterocycles. The number of nitrogens with zero attached hydrogens (tertiary/aromatic N) is 4. The number of hydrogen-bond donors (Lipinski definition) is 0. The maximum Gasteiger partial charge on any atom is 0.165 e. The fourth-order valence-corrected chi connectivity index (χ4v) is 9.08. The van der Waals surface area contributed by atoms with Crippen LogP contribution in [0.3, 0.4) is 0 Å². The maximum absolute atomic E-state index is 5.45. The summed E-state index contributed by atoms with van der Waals surface area (Å²) in [4.78, 5) is 10.9. The van der Waals surface area contributed by atoms with Crippen LogP contribution < -0.4 is 0 Å². The van der Waals surface area contributed by atoms with Crippen LogP contribution in [0.4, 0.5) is 0 Å². The largest absolute Gasteiger partial charge is 0.309 e. The number of para-hydroxylation sites is 5. The SMILES string of the molecule is c1ccc(-n2c3ccccc3c3c4c5ccccc5n(-c5nc6ccccc6nc5-c5cccc6c5sc5ccccc56)c4ccc32)cc1. The van der Waals surface area contributed by atoms with E-state index in [1.54, 1.807) is 0 Å². The molecule has 0 radical (unpaired) electrons. The Labute approximate surface area is 284 Å². The highest BCUT2D eigenvalue weighted by atomic mass is 32.1. The van der Waals surface area contributed by atoms with Crippen molar-refractivity contribution in [3.63, 3.8) is 0 Å². The molecule has 0 bridgehead atoms. The molecule has 0 fully saturated rings. The minimum Gasteiger partial charge on any atom is -0.309 e. The second-order valence-electron chi connectivity index (χ2n) is 12.6. The van der Waals surface area contributed by atoms with Gasteiger partial charge >= 0.3 is 0 Å². The molecule has 0 saturated heterocycles. The first-order valence-corrected chi connectivity index (χ1v) is 17.3. The Morgan fingerprint density at radius 2 is 0.980 bits per heavy atom. The lowest BCUT2D eigenvalue weighted by atomic mass is 10.1. The standard InChI is InChI=1S/C44H26N4S/c1-2-13-27(14-3-1)47-35-22-9-4-16-30(35)40-37(47)25-26-38-41(40)31-17-5-10-23-36(31)48(38)44-42(45-33-20-7-8-21-34(33)46-44)32-19-12-18-29-28-15-6-11-24-39(28)49-43(29)32/h1-26H. The third kappa shape index (κ3) is 3.73. The van der Waals surface area contributed by atoms with Gasteiger partial charge in [0, 0.05) is 53.0 Å². The van der Waals surface area contributed by atoms with Gasteiger partial charge in [-0.15, -0.1) is 11.3 Å². The van der Waals surface area contributed by atoms with E-state index in [2.05, 4.69) is 155 Å². The van der Waals surface area contributed by atoms with Gasteiger partial charge in [-0.25, -0.2) is 9.97 Å². The molecule has 228 valence electrons. The van der Waals surface area contributed by atoms with Gasteiger partial charge in [-0.3, -0.25) is 4.57 Å². The summed E-state index contributed by atoms with van der Waals surface area (Å²) >= 11 is 1.83. The minimum absolute atomic E-state index is 0.834. The summed E-state index contributed by atoms with van der Waals surface area (Å²) in [6.07, 6.45) is 0. The average molecular weight is 643 g/mol. The maximum atomic E-state index is 5.45. The van der Waals surface area contributed by atoms with Crippen molar-refractivity contribution < 1.29 is 0 Å². The summed E-state index contributed by atoms with van der Waals surface area (Å²) < 4.78 is 7.23. The van der Waals surface area contributed by atoms with Crippen LogP contribution in [0.1, 0.15) is 0 Å². The van der Waals surface area contributed by atoms with Crippen LogP contribution in [-0.2, 0) is 0 Å². The normalized spacial score (nSPS) is 12.1. The van der Waals surface area contributed by atoms with E-state index in [1.165, 1.54) is 52.8 Å². The molecule has 4 heterocycles. The van der Waals surface area contributed by atoms with Crippen molar-refractivity contribution in [2.45, 2.75) is 0 Å².